The van der Waals surface area contributed by atoms with Gasteiger partial charge in [0.05, 0.1) is 28.2 Å². The van der Waals surface area contributed by atoms with Crippen molar-refractivity contribution >= 4 is 46.8 Å². The molecule has 1 heterocycles. The second kappa shape index (κ2) is 14.3. The molecule has 0 bridgehead atoms. The van der Waals surface area contributed by atoms with Crippen LogP contribution in [0.4, 0.5) is 10.5 Å². The van der Waals surface area contributed by atoms with Gasteiger partial charge in [-0.3, -0.25) is 4.79 Å². The molecular formula is C36H34Cl2N4O4. The zero-order valence-electron chi connectivity index (χ0n) is 25.0. The lowest BCUT2D eigenvalue weighted by molar-refractivity contribution is -0.147. The van der Waals surface area contributed by atoms with Crippen LogP contribution >= 0.6 is 23.2 Å². The SMILES string of the molecule is O=C(NC[C@H](NC(=O)c1c(Cl)cc(N2CC(c3ccccc3)C2)cc1Cl)C(=O)OCc1ccccc1)N[C@@H]1CCc2ccccc21. The van der Waals surface area contributed by atoms with Crippen LogP contribution in [0, 0.1) is 0 Å². The Hall–Kier alpha value is -4.53. The fraction of sp³-hybridized carbons (Fsp3) is 0.250. The number of nitrogens with zero attached hydrogens (tertiary/aromatic N) is 1. The van der Waals surface area contributed by atoms with Crippen LogP contribution in [0.5, 0.6) is 0 Å². The van der Waals surface area contributed by atoms with Gasteiger partial charge in [0, 0.05) is 24.7 Å². The van der Waals surface area contributed by atoms with E-state index in [1.54, 1.807) is 12.1 Å². The maximum atomic E-state index is 13.5. The highest BCUT2D eigenvalue weighted by Crippen LogP contribution is 2.37. The first-order chi connectivity index (χ1) is 22.4. The van der Waals surface area contributed by atoms with Crippen molar-refractivity contribution in [3.05, 3.63) is 135 Å². The number of hydrogen-bond acceptors (Lipinski definition) is 5. The van der Waals surface area contributed by atoms with Crippen molar-refractivity contribution in [2.45, 2.75) is 37.5 Å². The number of nitrogens with one attached hydrogen (secondary N) is 3. The topological polar surface area (TPSA) is 99.8 Å². The molecule has 8 nitrogen and oxygen atoms in total. The Morgan fingerprint density at radius 2 is 1.52 bits per heavy atom. The molecule has 236 valence electrons. The zero-order valence-corrected chi connectivity index (χ0v) is 26.6. The average molecular weight is 658 g/mol. The second-order valence-electron chi connectivity index (χ2n) is 11.6. The Balaban J connectivity index is 1.11. The molecule has 4 aromatic carbocycles. The van der Waals surface area contributed by atoms with E-state index in [0.29, 0.717) is 5.92 Å². The van der Waals surface area contributed by atoms with Gasteiger partial charge >= 0.3 is 12.0 Å². The number of carbonyl (C=O) groups is 3. The summed E-state index contributed by atoms with van der Waals surface area (Å²) >= 11 is 13.2. The van der Waals surface area contributed by atoms with Gasteiger partial charge in [-0.1, -0.05) is 108 Å². The van der Waals surface area contributed by atoms with Crippen LogP contribution in [0.3, 0.4) is 0 Å². The van der Waals surface area contributed by atoms with Crippen LogP contribution in [-0.4, -0.2) is 43.6 Å². The maximum Gasteiger partial charge on any atom is 0.330 e. The van der Waals surface area contributed by atoms with E-state index in [1.165, 1.54) is 11.1 Å². The molecule has 0 saturated carbocycles. The third kappa shape index (κ3) is 7.30. The molecule has 3 N–H and O–H groups in total. The van der Waals surface area contributed by atoms with Gasteiger partial charge in [0.15, 0.2) is 0 Å². The summed E-state index contributed by atoms with van der Waals surface area (Å²) in [5.74, 6) is -0.960. The zero-order chi connectivity index (χ0) is 32.0. The molecule has 0 radical (unpaired) electrons. The van der Waals surface area contributed by atoms with Crippen molar-refractivity contribution < 1.29 is 19.1 Å². The minimum atomic E-state index is -1.20. The van der Waals surface area contributed by atoms with Crippen molar-refractivity contribution in [1.29, 1.82) is 0 Å². The number of aryl methyl sites for hydroxylation is 1. The predicted octanol–water partition coefficient (Wildman–Crippen LogP) is 6.43. The number of anilines is 1. The van der Waals surface area contributed by atoms with Gasteiger partial charge in [-0.15, -0.1) is 0 Å². The van der Waals surface area contributed by atoms with Gasteiger partial charge in [0.25, 0.3) is 5.91 Å². The number of rotatable bonds is 10. The molecule has 6 rings (SSSR count). The third-order valence-electron chi connectivity index (χ3n) is 8.49. The molecule has 0 aromatic heterocycles. The highest BCUT2D eigenvalue weighted by atomic mass is 35.5. The minimum absolute atomic E-state index is 0.00706. The third-order valence-corrected chi connectivity index (χ3v) is 9.09. The molecular weight excluding hydrogens is 623 g/mol. The summed E-state index contributed by atoms with van der Waals surface area (Å²) in [6.45, 7) is 1.41. The van der Waals surface area contributed by atoms with Crippen molar-refractivity contribution in [3.63, 3.8) is 0 Å². The summed E-state index contributed by atoms with van der Waals surface area (Å²) in [4.78, 5) is 41.8. The molecule has 2 atom stereocenters. The van der Waals surface area contributed by atoms with Gasteiger partial charge in [-0.05, 0) is 47.2 Å². The molecule has 1 aliphatic carbocycles. The van der Waals surface area contributed by atoms with E-state index >= 15 is 0 Å². The van der Waals surface area contributed by atoms with E-state index in [0.717, 1.165) is 42.7 Å². The molecule has 1 aliphatic heterocycles. The maximum absolute atomic E-state index is 13.5. The van der Waals surface area contributed by atoms with Crippen LogP contribution in [0.15, 0.2) is 97.1 Å². The Morgan fingerprint density at radius 1 is 0.870 bits per heavy atom. The van der Waals surface area contributed by atoms with Gasteiger partial charge in [-0.25, -0.2) is 9.59 Å². The number of esters is 1. The number of hydrogen-bond donors (Lipinski definition) is 3. The van der Waals surface area contributed by atoms with E-state index in [9.17, 15) is 14.4 Å². The molecule has 46 heavy (non-hydrogen) atoms. The first kappa shape index (κ1) is 31.5. The number of urea groups is 1. The number of ether oxygens (including phenoxy) is 1. The number of fused-ring (bicyclic) bond motifs is 1. The molecule has 4 aromatic rings. The summed E-state index contributed by atoms with van der Waals surface area (Å²) in [5, 5.41) is 8.69. The lowest BCUT2D eigenvalue weighted by Crippen LogP contribution is -2.51. The molecule has 2 aliphatic rings. The van der Waals surface area contributed by atoms with E-state index in [2.05, 4.69) is 39.0 Å². The summed E-state index contributed by atoms with van der Waals surface area (Å²) in [6, 6.07) is 29.1. The summed E-state index contributed by atoms with van der Waals surface area (Å²) in [6.07, 6.45) is 1.65. The van der Waals surface area contributed by atoms with Crippen LogP contribution in [-0.2, 0) is 22.6 Å². The van der Waals surface area contributed by atoms with E-state index in [1.807, 2.05) is 66.7 Å². The van der Waals surface area contributed by atoms with E-state index < -0.39 is 23.9 Å². The summed E-state index contributed by atoms with van der Waals surface area (Å²) < 4.78 is 5.52. The highest BCUT2D eigenvalue weighted by molar-refractivity contribution is 6.40. The number of benzene rings is 4. The number of carbonyl (C=O) groups excluding carboxylic acids is 3. The molecule has 0 spiro atoms. The molecule has 10 heteroatoms. The Labute approximate surface area is 278 Å². The Bertz CT molecular complexity index is 1690. The molecule has 3 amide bonds. The first-order valence-electron chi connectivity index (χ1n) is 15.3. The average Bonchev–Trinajstić information content (AvgIpc) is 3.44. The van der Waals surface area contributed by atoms with Crippen LogP contribution < -0.4 is 20.9 Å². The molecule has 0 unspecified atom stereocenters. The fourth-order valence-corrected chi connectivity index (χ4v) is 6.60. The highest BCUT2D eigenvalue weighted by Gasteiger charge is 2.31. The first-order valence-corrected chi connectivity index (χ1v) is 16.0. The number of halogens is 2. The van der Waals surface area contributed by atoms with Crippen molar-refractivity contribution in [2.75, 3.05) is 24.5 Å². The lowest BCUT2D eigenvalue weighted by Gasteiger charge is -2.41. The minimum Gasteiger partial charge on any atom is -0.459 e. The molecule has 1 fully saturated rings. The smallest absolute Gasteiger partial charge is 0.330 e. The Morgan fingerprint density at radius 3 is 2.24 bits per heavy atom. The standard InChI is InChI=1S/C36H34Cl2N4O4/c37-29-17-27(42-20-26(21-42)24-11-5-2-6-12-24)18-30(38)33(29)34(43)40-32(35(44)46-22-23-9-3-1-4-10-23)19-39-36(45)41-31-16-15-25-13-7-8-14-28(25)31/h1-14,17-18,26,31-32H,15-16,19-22H2,(H,40,43)(H2,39,41,45)/t31-,32+/m1/s1. The van der Waals surface area contributed by atoms with Crippen LogP contribution in [0.2, 0.25) is 10.0 Å². The quantitative estimate of drug-likeness (QED) is 0.171. The van der Waals surface area contributed by atoms with E-state index in [-0.39, 0.29) is 34.8 Å². The summed E-state index contributed by atoms with van der Waals surface area (Å²) in [7, 11) is 0. The van der Waals surface area contributed by atoms with Crippen molar-refractivity contribution in [1.82, 2.24) is 16.0 Å². The monoisotopic (exact) mass is 656 g/mol. The van der Waals surface area contributed by atoms with Gasteiger partial charge in [-0.2, -0.15) is 0 Å². The van der Waals surface area contributed by atoms with Gasteiger partial charge in [0.1, 0.15) is 12.6 Å². The van der Waals surface area contributed by atoms with Crippen LogP contribution in [0.25, 0.3) is 0 Å². The molecule has 1 saturated heterocycles. The van der Waals surface area contributed by atoms with Gasteiger partial charge < -0.3 is 25.6 Å². The lowest BCUT2D eigenvalue weighted by atomic mass is 9.91. The predicted molar refractivity (Wildman–Crippen MR) is 179 cm³/mol. The number of amides is 3. The second-order valence-corrected chi connectivity index (χ2v) is 12.4. The van der Waals surface area contributed by atoms with Crippen molar-refractivity contribution in [3.8, 4) is 0 Å². The van der Waals surface area contributed by atoms with Crippen molar-refractivity contribution in [2.24, 2.45) is 0 Å². The Kier molecular flexibility index (Phi) is 9.76. The fourth-order valence-electron chi connectivity index (χ4n) is 5.95. The van der Waals surface area contributed by atoms with Gasteiger partial charge in [0.2, 0.25) is 0 Å². The summed E-state index contributed by atoms with van der Waals surface area (Å²) in [5.41, 5.74) is 5.18. The van der Waals surface area contributed by atoms with E-state index in [4.69, 9.17) is 27.9 Å². The van der Waals surface area contributed by atoms with Crippen LogP contribution in [0.1, 0.15) is 51.0 Å². The normalized spacial score (nSPS) is 16.1. The largest absolute Gasteiger partial charge is 0.459 e.